The fourth-order valence-corrected chi connectivity index (χ4v) is 2.23. The van der Waals surface area contributed by atoms with Gasteiger partial charge < -0.3 is 10.4 Å². The van der Waals surface area contributed by atoms with Gasteiger partial charge in [-0.3, -0.25) is 4.79 Å². The van der Waals surface area contributed by atoms with Crippen LogP contribution < -0.4 is 5.32 Å². The summed E-state index contributed by atoms with van der Waals surface area (Å²) in [4.78, 5) is 23.3. The molecule has 0 spiro atoms. The zero-order valence-corrected chi connectivity index (χ0v) is 12.6. The van der Waals surface area contributed by atoms with Gasteiger partial charge in [0.15, 0.2) is 0 Å². The smallest absolute Gasteiger partial charge is 0.337 e. The molecule has 4 nitrogen and oxygen atoms in total. The Morgan fingerprint density at radius 1 is 1.14 bits per heavy atom. The number of halogens is 2. The molecule has 2 aromatic carbocycles. The lowest BCUT2D eigenvalue weighted by Crippen LogP contribution is -2.15. The van der Waals surface area contributed by atoms with E-state index >= 15 is 0 Å². The number of hydrogen-bond donors (Lipinski definition) is 2. The number of carbonyl (C=O) groups excluding carboxylic acids is 1. The predicted molar refractivity (Wildman–Crippen MR) is 80.2 cm³/mol. The van der Waals surface area contributed by atoms with Crippen LogP contribution in [-0.2, 0) is 0 Å². The molecule has 0 bridgehead atoms. The van der Waals surface area contributed by atoms with Gasteiger partial charge in [0.25, 0.3) is 5.91 Å². The number of aryl methyl sites for hydroxylation is 1. The first kappa shape index (κ1) is 15.2. The molecule has 0 radical (unpaired) electrons. The Kier molecular flexibility index (Phi) is 4.37. The van der Waals surface area contributed by atoms with E-state index in [0.29, 0.717) is 10.0 Å². The van der Waals surface area contributed by atoms with Crippen molar-refractivity contribution >= 4 is 33.5 Å². The first-order valence-electron chi connectivity index (χ1n) is 5.99. The standard InChI is InChI=1S/C15H11BrFNO3/c1-8-2-4-12(16)10(6-8)14(19)18-13-5-3-9(17)7-11(13)15(20)21/h2-7H,1H3,(H,18,19)(H,20,21). The lowest BCUT2D eigenvalue weighted by molar-refractivity contribution is 0.0697. The van der Waals surface area contributed by atoms with E-state index < -0.39 is 17.7 Å². The van der Waals surface area contributed by atoms with E-state index in [-0.39, 0.29) is 11.3 Å². The largest absolute Gasteiger partial charge is 0.478 e. The maximum Gasteiger partial charge on any atom is 0.337 e. The summed E-state index contributed by atoms with van der Waals surface area (Å²) in [5.74, 6) is -2.46. The average Bonchev–Trinajstić information content (AvgIpc) is 2.43. The topological polar surface area (TPSA) is 66.4 Å². The van der Waals surface area contributed by atoms with E-state index in [2.05, 4.69) is 21.2 Å². The van der Waals surface area contributed by atoms with Crippen LogP contribution in [0.2, 0.25) is 0 Å². The second-order valence-corrected chi connectivity index (χ2v) is 5.29. The van der Waals surface area contributed by atoms with E-state index in [9.17, 15) is 14.0 Å². The van der Waals surface area contributed by atoms with Gasteiger partial charge in [-0.15, -0.1) is 0 Å². The third-order valence-corrected chi connectivity index (χ3v) is 3.52. The van der Waals surface area contributed by atoms with Crippen molar-refractivity contribution in [1.29, 1.82) is 0 Å². The van der Waals surface area contributed by atoms with Gasteiger partial charge in [0.05, 0.1) is 16.8 Å². The van der Waals surface area contributed by atoms with Gasteiger partial charge in [0, 0.05) is 4.47 Å². The zero-order valence-electron chi connectivity index (χ0n) is 11.0. The number of benzene rings is 2. The second kappa shape index (κ2) is 6.05. The SMILES string of the molecule is Cc1ccc(Br)c(C(=O)Nc2ccc(F)cc2C(=O)O)c1. The van der Waals surface area contributed by atoms with Gasteiger partial charge in [-0.2, -0.15) is 0 Å². The molecule has 0 unspecified atom stereocenters. The van der Waals surface area contributed by atoms with Gasteiger partial charge in [0.1, 0.15) is 5.82 Å². The minimum Gasteiger partial charge on any atom is -0.478 e. The van der Waals surface area contributed by atoms with Crippen LogP contribution in [0.4, 0.5) is 10.1 Å². The Hall–Kier alpha value is -2.21. The first-order valence-corrected chi connectivity index (χ1v) is 6.78. The molecule has 6 heteroatoms. The number of aromatic carboxylic acids is 1. The van der Waals surface area contributed by atoms with Crippen molar-refractivity contribution in [2.24, 2.45) is 0 Å². The van der Waals surface area contributed by atoms with Crippen LogP contribution >= 0.6 is 15.9 Å². The molecule has 0 heterocycles. The molecule has 0 aromatic heterocycles. The number of rotatable bonds is 3. The van der Waals surface area contributed by atoms with E-state index in [0.717, 1.165) is 17.7 Å². The van der Waals surface area contributed by atoms with Gasteiger partial charge in [-0.25, -0.2) is 9.18 Å². The van der Waals surface area contributed by atoms with E-state index in [4.69, 9.17) is 5.11 Å². The maximum atomic E-state index is 13.1. The van der Waals surface area contributed by atoms with Crippen LogP contribution in [0.3, 0.4) is 0 Å². The molecule has 0 saturated heterocycles. The van der Waals surface area contributed by atoms with Crippen LogP contribution in [0.1, 0.15) is 26.3 Å². The number of anilines is 1. The van der Waals surface area contributed by atoms with Gasteiger partial charge in [0.2, 0.25) is 0 Å². The quantitative estimate of drug-likeness (QED) is 0.882. The Morgan fingerprint density at radius 2 is 1.86 bits per heavy atom. The minimum atomic E-state index is -1.31. The lowest BCUT2D eigenvalue weighted by atomic mass is 10.1. The Balaban J connectivity index is 2.36. The van der Waals surface area contributed by atoms with Crippen molar-refractivity contribution in [3.05, 3.63) is 63.4 Å². The van der Waals surface area contributed by atoms with Gasteiger partial charge in [-0.1, -0.05) is 11.6 Å². The number of carboxylic acid groups (broad SMARTS) is 1. The third kappa shape index (κ3) is 3.46. The fraction of sp³-hybridized carbons (Fsp3) is 0.0667. The highest BCUT2D eigenvalue weighted by atomic mass is 79.9. The molecule has 0 aliphatic carbocycles. The van der Waals surface area contributed by atoms with Gasteiger partial charge in [-0.05, 0) is 53.2 Å². The molecule has 0 fully saturated rings. The highest BCUT2D eigenvalue weighted by Crippen LogP contribution is 2.22. The molecule has 0 saturated carbocycles. The van der Waals surface area contributed by atoms with Crippen molar-refractivity contribution in [1.82, 2.24) is 0 Å². The second-order valence-electron chi connectivity index (χ2n) is 4.43. The summed E-state index contributed by atoms with van der Waals surface area (Å²) in [5, 5.41) is 11.5. The Morgan fingerprint density at radius 3 is 2.52 bits per heavy atom. The number of hydrogen-bond acceptors (Lipinski definition) is 2. The highest BCUT2D eigenvalue weighted by Gasteiger charge is 2.16. The van der Waals surface area contributed by atoms with Crippen molar-refractivity contribution in [3.63, 3.8) is 0 Å². The monoisotopic (exact) mass is 351 g/mol. The maximum absolute atomic E-state index is 13.1. The average molecular weight is 352 g/mol. The molecule has 2 aromatic rings. The van der Waals surface area contributed by atoms with Crippen LogP contribution in [0.5, 0.6) is 0 Å². The van der Waals surface area contributed by atoms with E-state index in [1.54, 1.807) is 12.1 Å². The van der Waals surface area contributed by atoms with Crippen molar-refractivity contribution < 1.29 is 19.1 Å². The van der Waals surface area contributed by atoms with Crippen LogP contribution in [0.25, 0.3) is 0 Å². The number of carbonyl (C=O) groups is 2. The number of carboxylic acids is 1. The van der Waals surface area contributed by atoms with E-state index in [1.165, 1.54) is 6.07 Å². The Labute approximate surface area is 128 Å². The minimum absolute atomic E-state index is 0.0438. The molecule has 108 valence electrons. The first-order chi connectivity index (χ1) is 9.88. The van der Waals surface area contributed by atoms with E-state index in [1.807, 2.05) is 13.0 Å². The molecule has 0 aliphatic heterocycles. The summed E-state index contributed by atoms with van der Waals surface area (Å²) in [7, 11) is 0. The summed E-state index contributed by atoms with van der Waals surface area (Å²) < 4.78 is 13.7. The van der Waals surface area contributed by atoms with Gasteiger partial charge >= 0.3 is 5.97 Å². The summed E-state index contributed by atoms with van der Waals surface area (Å²) in [6.45, 7) is 1.84. The Bertz CT molecular complexity index is 731. The zero-order chi connectivity index (χ0) is 15.6. The molecule has 21 heavy (non-hydrogen) atoms. The fourth-order valence-electron chi connectivity index (χ4n) is 1.81. The lowest BCUT2D eigenvalue weighted by Gasteiger charge is -2.10. The van der Waals surface area contributed by atoms with Crippen LogP contribution in [0.15, 0.2) is 40.9 Å². The summed E-state index contributed by atoms with van der Waals surface area (Å²) >= 11 is 3.27. The predicted octanol–water partition coefficient (Wildman–Crippen LogP) is 3.85. The molecular weight excluding hydrogens is 341 g/mol. The van der Waals surface area contributed by atoms with Crippen LogP contribution in [0, 0.1) is 12.7 Å². The molecular formula is C15H11BrFNO3. The van der Waals surface area contributed by atoms with Crippen LogP contribution in [-0.4, -0.2) is 17.0 Å². The highest BCUT2D eigenvalue weighted by molar-refractivity contribution is 9.10. The molecule has 1 amide bonds. The molecule has 2 rings (SSSR count). The molecule has 0 aliphatic rings. The van der Waals surface area contributed by atoms with Crippen molar-refractivity contribution in [2.45, 2.75) is 6.92 Å². The summed E-state index contributed by atoms with van der Waals surface area (Å²) in [6, 6.07) is 8.41. The normalized spacial score (nSPS) is 10.2. The van der Waals surface area contributed by atoms with Crippen molar-refractivity contribution in [2.75, 3.05) is 5.32 Å². The summed E-state index contributed by atoms with van der Waals surface area (Å²) in [6.07, 6.45) is 0. The molecule has 2 N–H and O–H groups in total. The number of amides is 1. The van der Waals surface area contributed by atoms with Crippen molar-refractivity contribution in [3.8, 4) is 0 Å². The molecule has 0 atom stereocenters. The summed E-state index contributed by atoms with van der Waals surface area (Å²) in [5.41, 5.74) is 1.01. The number of nitrogens with one attached hydrogen (secondary N) is 1. The third-order valence-electron chi connectivity index (χ3n) is 2.83.